The van der Waals surface area contributed by atoms with Crippen molar-refractivity contribution in [2.75, 3.05) is 38.5 Å². The van der Waals surface area contributed by atoms with Gasteiger partial charge in [0, 0.05) is 63.3 Å². The van der Waals surface area contributed by atoms with Crippen LogP contribution < -0.4 is 5.73 Å². The molecule has 22 heavy (non-hydrogen) atoms. The van der Waals surface area contributed by atoms with E-state index >= 15 is 0 Å². The number of hydrogen-bond acceptors (Lipinski definition) is 6. The molecule has 1 aromatic heterocycles. The van der Waals surface area contributed by atoms with E-state index in [1.807, 2.05) is 0 Å². The van der Waals surface area contributed by atoms with Crippen molar-refractivity contribution in [3.05, 3.63) is 29.6 Å². The van der Waals surface area contributed by atoms with Gasteiger partial charge in [-0.25, -0.2) is 9.97 Å². The third-order valence-corrected chi connectivity index (χ3v) is 4.02. The summed E-state index contributed by atoms with van der Waals surface area (Å²) in [4.78, 5) is 12.9. The van der Waals surface area contributed by atoms with Crippen molar-refractivity contribution in [2.45, 2.75) is 32.9 Å². The Morgan fingerprint density at radius 2 is 2.09 bits per heavy atom. The van der Waals surface area contributed by atoms with E-state index < -0.39 is 0 Å². The Balaban J connectivity index is 1.93. The fraction of sp³-hybridized carbons (Fsp3) is 0.625. The molecule has 1 saturated heterocycles. The molecule has 1 aliphatic rings. The number of nitrogen functional groups attached to an aromatic ring is 1. The van der Waals surface area contributed by atoms with Gasteiger partial charge in [-0.1, -0.05) is 11.6 Å². The molecular formula is C16H27N5O. The predicted octanol–water partition coefficient (Wildman–Crippen LogP) is 0.894. The van der Waals surface area contributed by atoms with Crippen LogP contribution in [0.25, 0.3) is 0 Å². The van der Waals surface area contributed by atoms with Crippen molar-refractivity contribution >= 4 is 5.95 Å². The Bertz CT molecular complexity index is 484. The summed E-state index contributed by atoms with van der Waals surface area (Å²) in [5, 5.41) is 9.33. The summed E-state index contributed by atoms with van der Waals surface area (Å²) < 4.78 is 0. The molecule has 0 unspecified atom stereocenters. The van der Waals surface area contributed by atoms with Gasteiger partial charge in [-0.05, 0) is 20.3 Å². The minimum absolute atomic E-state index is 0.231. The van der Waals surface area contributed by atoms with E-state index in [0.29, 0.717) is 12.0 Å². The van der Waals surface area contributed by atoms with Gasteiger partial charge in [-0.15, -0.1) is 0 Å². The summed E-state index contributed by atoms with van der Waals surface area (Å²) in [6, 6.07) is 0.393. The summed E-state index contributed by atoms with van der Waals surface area (Å²) in [6.07, 6.45) is 6.65. The van der Waals surface area contributed by atoms with Crippen LogP contribution in [0.1, 0.15) is 25.8 Å². The van der Waals surface area contributed by atoms with Crippen LogP contribution in [0.2, 0.25) is 0 Å². The van der Waals surface area contributed by atoms with Crippen LogP contribution >= 0.6 is 0 Å². The summed E-state index contributed by atoms with van der Waals surface area (Å²) in [6.45, 7) is 9.27. The van der Waals surface area contributed by atoms with Crippen LogP contribution in [0, 0.1) is 0 Å². The van der Waals surface area contributed by atoms with E-state index in [1.54, 1.807) is 12.4 Å². The first-order valence-electron chi connectivity index (χ1n) is 7.85. The second-order valence-electron chi connectivity index (χ2n) is 6.13. The SMILES string of the molecule is CC(C)=CCN1CCN(Cc2cnc(N)nc2)C[C@@H]1CCO. The highest BCUT2D eigenvalue weighted by Gasteiger charge is 2.25. The average molecular weight is 305 g/mol. The Labute approximate surface area is 132 Å². The highest BCUT2D eigenvalue weighted by molar-refractivity contribution is 5.17. The fourth-order valence-electron chi connectivity index (χ4n) is 2.77. The summed E-state index contributed by atoms with van der Waals surface area (Å²) in [7, 11) is 0. The molecule has 2 heterocycles. The molecule has 0 aliphatic carbocycles. The first-order valence-corrected chi connectivity index (χ1v) is 7.85. The van der Waals surface area contributed by atoms with Gasteiger partial charge in [-0.2, -0.15) is 0 Å². The lowest BCUT2D eigenvalue weighted by atomic mass is 10.1. The van der Waals surface area contributed by atoms with Gasteiger partial charge in [-0.3, -0.25) is 9.80 Å². The third kappa shape index (κ3) is 5.05. The van der Waals surface area contributed by atoms with E-state index in [-0.39, 0.29) is 6.61 Å². The van der Waals surface area contributed by atoms with E-state index in [1.165, 1.54) is 5.57 Å². The minimum atomic E-state index is 0.231. The first-order chi connectivity index (χ1) is 10.6. The lowest BCUT2D eigenvalue weighted by Gasteiger charge is -2.41. The lowest BCUT2D eigenvalue weighted by molar-refractivity contribution is 0.0635. The van der Waals surface area contributed by atoms with Crippen LogP contribution in [0.15, 0.2) is 24.0 Å². The van der Waals surface area contributed by atoms with Crippen molar-refractivity contribution in [2.24, 2.45) is 0 Å². The zero-order valence-electron chi connectivity index (χ0n) is 13.6. The predicted molar refractivity (Wildman–Crippen MR) is 88.2 cm³/mol. The van der Waals surface area contributed by atoms with Gasteiger partial charge in [0.15, 0.2) is 0 Å². The topological polar surface area (TPSA) is 78.5 Å². The van der Waals surface area contributed by atoms with Gasteiger partial charge in [0.2, 0.25) is 5.95 Å². The molecule has 6 heteroatoms. The van der Waals surface area contributed by atoms with Crippen LogP contribution in [-0.2, 0) is 6.54 Å². The first kappa shape index (κ1) is 16.9. The number of nitrogens with two attached hydrogens (primary N) is 1. The maximum Gasteiger partial charge on any atom is 0.219 e. The van der Waals surface area contributed by atoms with Crippen LogP contribution in [0.5, 0.6) is 0 Å². The Kier molecular flexibility index (Phi) is 6.30. The van der Waals surface area contributed by atoms with Crippen molar-refractivity contribution in [3.8, 4) is 0 Å². The number of piperazine rings is 1. The van der Waals surface area contributed by atoms with E-state index in [9.17, 15) is 5.11 Å². The molecule has 0 aromatic carbocycles. The largest absolute Gasteiger partial charge is 0.396 e. The number of aromatic nitrogens is 2. The summed E-state index contributed by atoms with van der Waals surface area (Å²) in [5.74, 6) is 0.313. The summed E-state index contributed by atoms with van der Waals surface area (Å²) in [5.41, 5.74) is 7.94. The van der Waals surface area contributed by atoms with Crippen molar-refractivity contribution in [1.82, 2.24) is 19.8 Å². The molecule has 3 N–H and O–H groups in total. The third-order valence-electron chi connectivity index (χ3n) is 4.02. The van der Waals surface area contributed by atoms with Crippen molar-refractivity contribution < 1.29 is 5.11 Å². The number of nitrogens with zero attached hydrogens (tertiary/aromatic N) is 4. The molecule has 6 nitrogen and oxygen atoms in total. The highest BCUT2D eigenvalue weighted by atomic mass is 16.3. The van der Waals surface area contributed by atoms with Crippen LogP contribution in [0.3, 0.4) is 0 Å². The lowest BCUT2D eigenvalue weighted by Crippen LogP contribution is -2.53. The second kappa shape index (κ2) is 8.22. The number of anilines is 1. The standard InChI is InChI=1S/C16H27N5O/c1-13(2)3-5-21-7-6-20(12-15(21)4-8-22)11-14-9-18-16(17)19-10-14/h3,9-10,15,22H,4-8,11-12H2,1-2H3,(H2,17,18,19)/t15-/m0/s1. The molecule has 1 atom stereocenters. The summed E-state index contributed by atoms with van der Waals surface area (Å²) >= 11 is 0. The zero-order chi connectivity index (χ0) is 15.9. The molecule has 0 amide bonds. The van der Waals surface area contributed by atoms with Crippen LogP contribution in [-0.4, -0.2) is 63.7 Å². The maximum absolute atomic E-state index is 9.33. The van der Waals surface area contributed by atoms with E-state index in [2.05, 4.69) is 39.7 Å². The minimum Gasteiger partial charge on any atom is -0.396 e. The molecule has 0 radical (unpaired) electrons. The smallest absolute Gasteiger partial charge is 0.219 e. The highest BCUT2D eigenvalue weighted by Crippen LogP contribution is 2.15. The molecule has 0 saturated carbocycles. The van der Waals surface area contributed by atoms with Gasteiger partial charge in [0.1, 0.15) is 0 Å². The molecule has 2 rings (SSSR count). The van der Waals surface area contributed by atoms with Gasteiger partial charge >= 0.3 is 0 Å². The maximum atomic E-state index is 9.33. The van der Waals surface area contributed by atoms with Crippen LogP contribution in [0.4, 0.5) is 5.95 Å². The number of rotatable bonds is 6. The van der Waals surface area contributed by atoms with Crippen molar-refractivity contribution in [3.63, 3.8) is 0 Å². The zero-order valence-corrected chi connectivity index (χ0v) is 13.6. The number of allylic oxidation sites excluding steroid dienone is 1. The number of hydrogen-bond donors (Lipinski definition) is 2. The van der Waals surface area contributed by atoms with E-state index in [0.717, 1.165) is 44.7 Å². The Morgan fingerprint density at radius 3 is 2.73 bits per heavy atom. The number of aliphatic hydroxyl groups excluding tert-OH is 1. The van der Waals surface area contributed by atoms with Gasteiger partial charge in [0.25, 0.3) is 0 Å². The number of aliphatic hydroxyl groups is 1. The quantitative estimate of drug-likeness (QED) is 0.760. The molecule has 1 aromatic rings. The second-order valence-corrected chi connectivity index (χ2v) is 6.13. The molecular weight excluding hydrogens is 278 g/mol. The molecule has 0 bridgehead atoms. The van der Waals surface area contributed by atoms with Gasteiger partial charge in [0.05, 0.1) is 0 Å². The molecule has 1 aliphatic heterocycles. The van der Waals surface area contributed by atoms with Gasteiger partial charge < -0.3 is 10.8 Å². The molecule has 122 valence electrons. The average Bonchev–Trinajstić information content (AvgIpc) is 2.49. The Morgan fingerprint density at radius 1 is 1.36 bits per heavy atom. The molecule has 0 spiro atoms. The Hall–Kier alpha value is -1.50. The normalized spacial score (nSPS) is 20.0. The fourth-order valence-corrected chi connectivity index (χ4v) is 2.77. The monoisotopic (exact) mass is 305 g/mol. The van der Waals surface area contributed by atoms with E-state index in [4.69, 9.17) is 5.73 Å². The van der Waals surface area contributed by atoms with Crippen molar-refractivity contribution in [1.29, 1.82) is 0 Å². The molecule has 1 fully saturated rings.